The number of fused-ring (bicyclic) bond motifs is 1. The SMILES string of the molecule is COc1ccc(-n2nc3nc(N4CCN(C)CC4)nc(-c4ccccc4)c3c2N)cc1. The van der Waals surface area contributed by atoms with Gasteiger partial charge in [-0.25, -0.2) is 9.67 Å². The van der Waals surface area contributed by atoms with Crippen LogP contribution in [-0.2, 0) is 0 Å². The maximum Gasteiger partial charge on any atom is 0.228 e. The maximum atomic E-state index is 6.60. The topological polar surface area (TPSA) is 85.3 Å². The average molecular weight is 416 g/mol. The molecule has 0 amide bonds. The molecule has 2 N–H and O–H groups in total. The number of benzene rings is 2. The smallest absolute Gasteiger partial charge is 0.228 e. The van der Waals surface area contributed by atoms with Crippen LogP contribution < -0.4 is 15.4 Å². The molecule has 3 heterocycles. The highest BCUT2D eigenvalue weighted by Gasteiger charge is 2.23. The number of nitrogens with two attached hydrogens (primary N) is 1. The van der Waals surface area contributed by atoms with Crippen molar-refractivity contribution in [2.45, 2.75) is 0 Å². The summed E-state index contributed by atoms with van der Waals surface area (Å²) < 4.78 is 6.99. The van der Waals surface area contributed by atoms with Crippen molar-refractivity contribution in [2.24, 2.45) is 0 Å². The van der Waals surface area contributed by atoms with Crippen LogP contribution in [0.5, 0.6) is 5.75 Å². The molecule has 0 unspecified atom stereocenters. The van der Waals surface area contributed by atoms with Crippen LogP contribution >= 0.6 is 0 Å². The fourth-order valence-electron chi connectivity index (χ4n) is 3.87. The molecule has 5 rings (SSSR count). The summed E-state index contributed by atoms with van der Waals surface area (Å²) in [5, 5.41) is 5.52. The van der Waals surface area contributed by atoms with Gasteiger partial charge in [0.05, 0.1) is 23.9 Å². The summed E-state index contributed by atoms with van der Waals surface area (Å²) in [6.45, 7) is 3.71. The molecule has 0 aliphatic carbocycles. The van der Waals surface area contributed by atoms with Gasteiger partial charge in [-0.15, -0.1) is 5.10 Å². The Balaban J connectivity index is 1.68. The summed E-state index contributed by atoms with van der Waals surface area (Å²) in [6, 6.07) is 17.7. The molecule has 0 saturated carbocycles. The lowest BCUT2D eigenvalue weighted by atomic mass is 10.1. The van der Waals surface area contributed by atoms with Gasteiger partial charge in [-0.2, -0.15) is 4.98 Å². The number of nitrogens with zero attached hydrogens (tertiary/aromatic N) is 6. The average Bonchev–Trinajstić information content (AvgIpc) is 3.16. The maximum absolute atomic E-state index is 6.60. The van der Waals surface area contributed by atoms with E-state index in [1.54, 1.807) is 11.8 Å². The van der Waals surface area contributed by atoms with Gasteiger partial charge < -0.3 is 20.3 Å². The van der Waals surface area contributed by atoms with Crippen LogP contribution in [0.25, 0.3) is 28.0 Å². The van der Waals surface area contributed by atoms with Gasteiger partial charge in [0, 0.05) is 31.7 Å². The number of methoxy groups -OCH3 is 1. The van der Waals surface area contributed by atoms with E-state index in [4.69, 9.17) is 25.5 Å². The van der Waals surface area contributed by atoms with E-state index in [0.29, 0.717) is 17.4 Å². The lowest BCUT2D eigenvalue weighted by Gasteiger charge is -2.32. The summed E-state index contributed by atoms with van der Waals surface area (Å²) in [4.78, 5) is 14.3. The minimum atomic E-state index is 0.518. The van der Waals surface area contributed by atoms with Gasteiger partial charge in [0.1, 0.15) is 11.6 Å². The highest BCUT2D eigenvalue weighted by atomic mass is 16.5. The summed E-state index contributed by atoms with van der Waals surface area (Å²) >= 11 is 0. The predicted octanol–water partition coefficient (Wildman–Crippen LogP) is 2.83. The van der Waals surface area contributed by atoms with Crippen LogP contribution in [-0.4, -0.2) is 65.0 Å². The van der Waals surface area contributed by atoms with Crippen molar-refractivity contribution in [3.05, 3.63) is 54.6 Å². The van der Waals surface area contributed by atoms with E-state index >= 15 is 0 Å². The number of likely N-dealkylation sites (N-methyl/N-ethyl adjacent to an activating group) is 1. The largest absolute Gasteiger partial charge is 0.497 e. The molecular weight excluding hydrogens is 390 g/mol. The van der Waals surface area contributed by atoms with Gasteiger partial charge >= 0.3 is 0 Å². The molecule has 2 aromatic carbocycles. The van der Waals surface area contributed by atoms with Crippen molar-refractivity contribution in [2.75, 3.05) is 51.0 Å². The van der Waals surface area contributed by atoms with Crippen molar-refractivity contribution in [1.29, 1.82) is 0 Å². The lowest BCUT2D eigenvalue weighted by Crippen LogP contribution is -2.45. The summed E-state index contributed by atoms with van der Waals surface area (Å²) in [7, 11) is 3.78. The second-order valence-electron chi connectivity index (χ2n) is 7.72. The normalized spacial score (nSPS) is 14.8. The number of rotatable bonds is 4. The predicted molar refractivity (Wildman–Crippen MR) is 123 cm³/mol. The second kappa shape index (κ2) is 7.88. The van der Waals surface area contributed by atoms with E-state index in [0.717, 1.165) is 54.3 Å². The zero-order valence-corrected chi connectivity index (χ0v) is 17.7. The molecule has 158 valence electrons. The Morgan fingerprint density at radius 2 is 1.61 bits per heavy atom. The summed E-state index contributed by atoms with van der Waals surface area (Å²) in [5.74, 6) is 1.99. The lowest BCUT2D eigenvalue weighted by molar-refractivity contribution is 0.311. The Labute approximate surface area is 180 Å². The van der Waals surface area contributed by atoms with Crippen LogP contribution in [0.4, 0.5) is 11.8 Å². The van der Waals surface area contributed by atoms with E-state index in [9.17, 15) is 0 Å². The van der Waals surface area contributed by atoms with Crippen LogP contribution in [0.2, 0.25) is 0 Å². The Bertz CT molecular complexity index is 1200. The molecule has 1 fully saturated rings. The minimum absolute atomic E-state index is 0.518. The highest BCUT2D eigenvalue weighted by molar-refractivity contribution is 5.99. The van der Waals surface area contributed by atoms with Crippen LogP contribution in [0.15, 0.2) is 54.6 Å². The number of ether oxygens (including phenoxy) is 1. The Morgan fingerprint density at radius 3 is 2.29 bits per heavy atom. The third-order valence-corrected chi connectivity index (χ3v) is 5.71. The van der Waals surface area contributed by atoms with E-state index in [1.165, 1.54) is 0 Å². The number of anilines is 2. The quantitative estimate of drug-likeness (QED) is 0.549. The van der Waals surface area contributed by atoms with Gasteiger partial charge in [-0.3, -0.25) is 0 Å². The number of piperazine rings is 1. The monoisotopic (exact) mass is 415 g/mol. The number of aromatic nitrogens is 4. The molecule has 4 aromatic rings. The molecular formula is C23H25N7O. The van der Waals surface area contributed by atoms with Gasteiger partial charge in [0.15, 0.2) is 5.65 Å². The molecule has 0 spiro atoms. The first-order valence-electron chi connectivity index (χ1n) is 10.3. The molecule has 1 saturated heterocycles. The van der Waals surface area contributed by atoms with Crippen molar-refractivity contribution >= 4 is 22.8 Å². The van der Waals surface area contributed by atoms with Gasteiger partial charge in [-0.05, 0) is 31.3 Å². The standard InChI is InChI=1S/C23H25N7O/c1-28-12-14-29(15-13-28)23-25-20(16-6-4-3-5-7-16)19-21(24)30(27-22(19)26-23)17-8-10-18(31-2)11-9-17/h3-11H,12-15,24H2,1-2H3. The van der Waals surface area contributed by atoms with Crippen LogP contribution in [0.3, 0.4) is 0 Å². The first-order valence-corrected chi connectivity index (χ1v) is 10.3. The molecule has 0 radical (unpaired) electrons. The summed E-state index contributed by atoms with van der Waals surface area (Å²) in [6.07, 6.45) is 0. The van der Waals surface area contributed by atoms with Gasteiger partial charge in [-0.1, -0.05) is 30.3 Å². The molecule has 0 atom stereocenters. The van der Waals surface area contributed by atoms with Crippen molar-refractivity contribution in [3.8, 4) is 22.7 Å². The van der Waals surface area contributed by atoms with E-state index in [2.05, 4.69) is 16.8 Å². The number of nitrogen functional groups attached to an aromatic ring is 1. The molecule has 8 nitrogen and oxygen atoms in total. The molecule has 2 aromatic heterocycles. The first kappa shape index (κ1) is 19.3. The minimum Gasteiger partial charge on any atom is -0.497 e. The Kier molecular flexibility index (Phi) is 4.91. The zero-order valence-electron chi connectivity index (χ0n) is 17.7. The van der Waals surface area contributed by atoms with E-state index in [-0.39, 0.29) is 0 Å². The Hall–Kier alpha value is -3.65. The second-order valence-corrected chi connectivity index (χ2v) is 7.72. The van der Waals surface area contributed by atoms with E-state index < -0.39 is 0 Å². The van der Waals surface area contributed by atoms with Crippen molar-refractivity contribution in [1.82, 2.24) is 24.6 Å². The fourth-order valence-corrected chi connectivity index (χ4v) is 3.87. The zero-order chi connectivity index (χ0) is 21.4. The van der Waals surface area contributed by atoms with Crippen LogP contribution in [0.1, 0.15) is 0 Å². The third kappa shape index (κ3) is 3.55. The molecule has 8 heteroatoms. The number of hydrogen-bond acceptors (Lipinski definition) is 7. The molecule has 1 aliphatic heterocycles. The van der Waals surface area contributed by atoms with Gasteiger partial charge in [0.2, 0.25) is 5.95 Å². The molecule has 1 aliphatic rings. The fraction of sp³-hybridized carbons (Fsp3) is 0.261. The van der Waals surface area contributed by atoms with Crippen molar-refractivity contribution < 1.29 is 4.74 Å². The van der Waals surface area contributed by atoms with Gasteiger partial charge in [0.25, 0.3) is 0 Å². The third-order valence-electron chi connectivity index (χ3n) is 5.71. The molecule has 0 bridgehead atoms. The van der Waals surface area contributed by atoms with Crippen LogP contribution in [0, 0.1) is 0 Å². The van der Waals surface area contributed by atoms with Crippen molar-refractivity contribution in [3.63, 3.8) is 0 Å². The summed E-state index contributed by atoms with van der Waals surface area (Å²) in [5.41, 5.74) is 9.83. The Morgan fingerprint density at radius 1 is 0.903 bits per heavy atom. The first-order chi connectivity index (χ1) is 15.1. The number of hydrogen-bond donors (Lipinski definition) is 1. The molecule has 31 heavy (non-hydrogen) atoms. The highest BCUT2D eigenvalue weighted by Crippen LogP contribution is 2.33. The van der Waals surface area contributed by atoms with E-state index in [1.807, 2.05) is 54.6 Å².